The highest BCUT2D eigenvalue weighted by atomic mass is 35.5. The molecule has 0 bridgehead atoms. The quantitative estimate of drug-likeness (QED) is 0.827. The van der Waals surface area contributed by atoms with E-state index in [9.17, 15) is 0 Å². The van der Waals surface area contributed by atoms with Crippen LogP contribution in [0.15, 0.2) is 6.07 Å². The van der Waals surface area contributed by atoms with Gasteiger partial charge in [0.2, 0.25) is 0 Å². The van der Waals surface area contributed by atoms with Crippen LogP contribution in [-0.4, -0.2) is 13.2 Å². The molecule has 1 aromatic carbocycles. The maximum absolute atomic E-state index is 6.36. The van der Waals surface area contributed by atoms with E-state index in [1.54, 1.807) is 0 Å². The molecule has 0 fully saturated rings. The van der Waals surface area contributed by atoms with Crippen LogP contribution in [-0.2, 0) is 0 Å². The first-order chi connectivity index (χ1) is 8.65. The highest BCUT2D eigenvalue weighted by Crippen LogP contribution is 2.39. The number of benzene rings is 1. The number of fused-ring (bicyclic) bond motifs is 1. The van der Waals surface area contributed by atoms with E-state index in [2.05, 4.69) is 25.2 Å². The van der Waals surface area contributed by atoms with Crippen molar-refractivity contribution in [3.05, 3.63) is 27.8 Å². The second-order valence-electron chi connectivity index (χ2n) is 5.04. The summed E-state index contributed by atoms with van der Waals surface area (Å²) in [7, 11) is 0. The molecule has 0 radical (unpaired) electrons. The molecule has 3 heteroatoms. The van der Waals surface area contributed by atoms with Crippen LogP contribution in [0, 0.1) is 13.8 Å². The summed E-state index contributed by atoms with van der Waals surface area (Å²) in [6.07, 6.45) is 3.46. The first kappa shape index (κ1) is 13.7. The Hall–Kier alpha value is -0.730. The van der Waals surface area contributed by atoms with Gasteiger partial charge in [-0.15, -0.1) is 0 Å². The van der Waals surface area contributed by atoms with E-state index in [1.807, 2.05) is 6.92 Å². The van der Waals surface area contributed by atoms with Crippen molar-refractivity contribution in [3.63, 3.8) is 0 Å². The molecule has 1 aliphatic heterocycles. The Morgan fingerprint density at radius 3 is 2.94 bits per heavy atom. The van der Waals surface area contributed by atoms with Gasteiger partial charge >= 0.3 is 0 Å². The minimum Gasteiger partial charge on any atom is -0.493 e. The van der Waals surface area contributed by atoms with Crippen molar-refractivity contribution >= 4 is 11.6 Å². The molecule has 1 atom stereocenters. The monoisotopic (exact) mass is 267 g/mol. The maximum Gasteiger partial charge on any atom is 0.124 e. The molecule has 0 aliphatic carbocycles. The van der Waals surface area contributed by atoms with E-state index in [0.717, 1.165) is 35.9 Å². The molecule has 1 aliphatic rings. The largest absolute Gasteiger partial charge is 0.493 e. The highest BCUT2D eigenvalue weighted by Gasteiger charge is 2.24. The average Bonchev–Trinajstić information content (AvgIpc) is 2.36. The third-order valence-corrected chi connectivity index (χ3v) is 4.21. The number of nitrogens with one attached hydrogen (secondary N) is 1. The third-order valence-electron chi connectivity index (χ3n) is 3.63. The smallest absolute Gasteiger partial charge is 0.124 e. The van der Waals surface area contributed by atoms with E-state index in [4.69, 9.17) is 16.3 Å². The van der Waals surface area contributed by atoms with Crippen LogP contribution in [0.3, 0.4) is 0 Å². The molecule has 1 unspecified atom stereocenters. The molecule has 18 heavy (non-hydrogen) atoms. The van der Waals surface area contributed by atoms with Gasteiger partial charge in [0, 0.05) is 23.0 Å². The molecule has 1 heterocycles. The van der Waals surface area contributed by atoms with Gasteiger partial charge in [-0.25, -0.2) is 0 Å². The van der Waals surface area contributed by atoms with Crippen LogP contribution in [0.2, 0.25) is 5.02 Å². The van der Waals surface area contributed by atoms with Crippen LogP contribution in [0.1, 0.15) is 48.9 Å². The molecule has 2 nitrogen and oxygen atoms in total. The molecule has 0 amide bonds. The van der Waals surface area contributed by atoms with Crippen molar-refractivity contribution in [2.75, 3.05) is 13.2 Å². The molecule has 0 spiro atoms. The standard InChI is InChI=1S/C15H22ClNO/c1-4-5-7-17-12-6-8-18-13-9-10(2)15(16)11(3)14(12)13/h9,12,17H,4-8H2,1-3H3. The van der Waals surface area contributed by atoms with Gasteiger partial charge in [0.05, 0.1) is 6.61 Å². The van der Waals surface area contributed by atoms with Crippen LogP contribution in [0.4, 0.5) is 0 Å². The van der Waals surface area contributed by atoms with Crippen molar-refractivity contribution < 1.29 is 4.74 Å². The van der Waals surface area contributed by atoms with Gasteiger partial charge in [-0.05, 0) is 44.0 Å². The minimum atomic E-state index is 0.387. The summed E-state index contributed by atoms with van der Waals surface area (Å²) in [5.41, 5.74) is 3.52. The van der Waals surface area contributed by atoms with Crippen molar-refractivity contribution in [2.24, 2.45) is 0 Å². The van der Waals surface area contributed by atoms with Crippen molar-refractivity contribution in [2.45, 2.75) is 46.1 Å². The Labute approximate surface area is 115 Å². The highest BCUT2D eigenvalue weighted by molar-refractivity contribution is 6.32. The minimum absolute atomic E-state index is 0.387. The molecular formula is C15H22ClNO. The summed E-state index contributed by atoms with van der Waals surface area (Å²) in [5.74, 6) is 1.01. The summed E-state index contributed by atoms with van der Waals surface area (Å²) >= 11 is 6.36. The molecule has 0 saturated heterocycles. The summed E-state index contributed by atoms with van der Waals surface area (Å²) in [6.45, 7) is 8.19. The van der Waals surface area contributed by atoms with E-state index >= 15 is 0 Å². The van der Waals surface area contributed by atoms with Crippen LogP contribution in [0.5, 0.6) is 5.75 Å². The van der Waals surface area contributed by atoms with Gasteiger partial charge < -0.3 is 10.1 Å². The van der Waals surface area contributed by atoms with Crippen LogP contribution in [0.25, 0.3) is 0 Å². The lowest BCUT2D eigenvalue weighted by molar-refractivity contribution is 0.251. The number of ether oxygens (including phenoxy) is 1. The molecule has 0 aromatic heterocycles. The molecule has 1 aromatic rings. The fourth-order valence-electron chi connectivity index (χ4n) is 2.58. The number of unbranched alkanes of at least 4 members (excludes halogenated alkanes) is 1. The zero-order valence-corrected chi connectivity index (χ0v) is 12.2. The SMILES string of the molecule is CCCCNC1CCOc2cc(C)c(Cl)c(C)c21. The Morgan fingerprint density at radius 1 is 1.44 bits per heavy atom. The Morgan fingerprint density at radius 2 is 2.22 bits per heavy atom. The Kier molecular flexibility index (Phi) is 4.52. The summed E-state index contributed by atoms with van der Waals surface area (Å²) in [5, 5.41) is 4.50. The molecule has 100 valence electrons. The number of aryl methyl sites for hydroxylation is 1. The zero-order chi connectivity index (χ0) is 13.1. The number of hydrogen-bond acceptors (Lipinski definition) is 2. The maximum atomic E-state index is 6.36. The number of hydrogen-bond donors (Lipinski definition) is 1. The number of halogens is 1. The van der Waals surface area contributed by atoms with E-state index in [1.165, 1.54) is 24.0 Å². The predicted octanol–water partition coefficient (Wildman–Crippen LogP) is 4.17. The first-order valence-corrected chi connectivity index (χ1v) is 7.18. The lowest BCUT2D eigenvalue weighted by atomic mass is 9.94. The molecule has 0 saturated carbocycles. The van der Waals surface area contributed by atoms with E-state index < -0.39 is 0 Å². The third kappa shape index (κ3) is 2.65. The summed E-state index contributed by atoms with van der Waals surface area (Å²) in [4.78, 5) is 0. The van der Waals surface area contributed by atoms with E-state index in [0.29, 0.717) is 6.04 Å². The summed E-state index contributed by atoms with van der Waals surface area (Å²) < 4.78 is 5.78. The van der Waals surface area contributed by atoms with Gasteiger partial charge in [0.25, 0.3) is 0 Å². The van der Waals surface area contributed by atoms with E-state index in [-0.39, 0.29) is 0 Å². The lowest BCUT2D eigenvalue weighted by Crippen LogP contribution is -2.28. The Bertz CT molecular complexity index is 431. The lowest BCUT2D eigenvalue weighted by Gasteiger charge is -2.29. The molecule has 2 rings (SSSR count). The van der Waals surface area contributed by atoms with Gasteiger partial charge in [-0.1, -0.05) is 24.9 Å². The first-order valence-electron chi connectivity index (χ1n) is 6.81. The molecule has 1 N–H and O–H groups in total. The van der Waals surface area contributed by atoms with Crippen molar-refractivity contribution in [1.29, 1.82) is 0 Å². The zero-order valence-electron chi connectivity index (χ0n) is 11.5. The fraction of sp³-hybridized carbons (Fsp3) is 0.600. The van der Waals surface area contributed by atoms with Crippen LogP contribution < -0.4 is 10.1 Å². The van der Waals surface area contributed by atoms with Crippen molar-refractivity contribution in [3.8, 4) is 5.75 Å². The van der Waals surface area contributed by atoms with Gasteiger partial charge in [0.15, 0.2) is 0 Å². The Balaban J connectivity index is 2.27. The van der Waals surface area contributed by atoms with Crippen molar-refractivity contribution in [1.82, 2.24) is 5.32 Å². The second kappa shape index (κ2) is 5.94. The van der Waals surface area contributed by atoms with Gasteiger partial charge in [-0.3, -0.25) is 0 Å². The van der Waals surface area contributed by atoms with Gasteiger partial charge in [0.1, 0.15) is 5.75 Å². The second-order valence-corrected chi connectivity index (χ2v) is 5.42. The fourth-order valence-corrected chi connectivity index (χ4v) is 2.73. The summed E-state index contributed by atoms with van der Waals surface area (Å²) in [6, 6.07) is 2.46. The average molecular weight is 268 g/mol. The van der Waals surface area contributed by atoms with Crippen LogP contribution >= 0.6 is 11.6 Å². The number of rotatable bonds is 4. The molecular weight excluding hydrogens is 246 g/mol. The van der Waals surface area contributed by atoms with Gasteiger partial charge in [-0.2, -0.15) is 0 Å². The predicted molar refractivity (Wildman–Crippen MR) is 76.7 cm³/mol. The normalized spacial score (nSPS) is 18.3. The topological polar surface area (TPSA) is 21.3 Å².